The molecule has 0 aliphatic rings. The number of H-pyrrole nitrogens is 1. The number of thiophene rings is 2. The number of methoxy groups -OCH3 is 1. The molecule has 0 saturated heterocycles. The lowest BCUT2D eigenvalue weighted by Crippen LogP contribution is -2.32. The summed E-state index contributed by atoms with van der Waals surface area (Å²) < 4.78 is 6.05. The Bertz CT molecular complexity index is 1760. The molecule has 39 heavy (non-hydrogen) atoms. The molecule has 0 amide bonds. The first kappa shape index (κ1) is 31.5. The number of nitrogens with zero attached hydrogens (tertiary/aromatic N) is 2. The van der Waals surface area contributed by atoms with Crippen molar-refractivity contribution in [3.63, 3.8) is 0 Å². The monoisotopic (exact) mass is 644 g/mol. The molecule has 0 bridgehead atoms. The van der Waals surface area contributed by atoms with E-state index in [1.165, 1.54) is 48.0 Å². The van der Waals surface area contributed by atoms with Crippen molar-refractivity contribution in [2.75, 3.05) is 12.8 Å². The number of nitrogen functional groups attached to an aromatic ring is 1. The summed E-state index contributed by atoms with van der Waals surface area (Å²) in [6.07, 6.45) is 0. The van der Waals surface area contributed by atoms with Crippen LogP contribution in [0.15, 0.2) is 68.6 Å². The number of esters is 1. The van der Waals surface area contributed by atoms with Gasteiger partial charge in [-0.15, -0.1) is 35.1 Å². The van der Waals surface area contributed by atoms with E-state index in [1.807, 2.05) is 35.0 Å². The van der Waals surface area contributed by atoms with Gasteiger partial charge in [0.25, 0.3) is 5.56 Å². The molecule has 2 aromatic carbocycles. The Balaban J connectivity index is 0.000000210. The number of rotatable bonds is 2. The number of nitriles is 2. The Morgan fingerprint density at radius 2 is 1.67 bits per heavy atom. The number of aromatic nitrogens is 1. The van der Waals surface area contributed by atoms with Crippen molar-refractivity contribution in [2.45, 2.75) is 0 Å². The van der Waals surface area contributed by atoms with Crippen molar-refractivity contribution in [2.24, 2.45) is 0 Å². The van der Waals surface area contributed by atoms with E-state index in [0.717, 1.165) is 25.5 Å². The summed E-state index contributed by atoms with van der Waals surface area (Å²) in [6, 6.07) is 17.3. The van der Waals surface area contributed by atoms with Crippen LogP contribution in [0.4, 0.5) is 5.69 Å². The Hall–Kier alpha value is -3.69. The molecule has 198 valence electrons. The summed E-state index contributed by atoms with van der Waals surface area (Å²) in [5.74, 6) is -0.290. The van der Waals surface area contributed by atoms with Crippen molar-refractivity contribution in [3.05, 3.63) is 90.1 Å². The number of fused-ring (bicyclic) bond motifs is 3. The van der Waals surface area contributed by atoms with E-state index in [1.54, 1.807) is 12.1 Å². The quantitative estimate of drug-likeness (QED) is 0.126. The standard InChI is InChI=1S/C12H6N2OS.C7H7BN2O2.C6H5BrO2S.ClH/c13-6-7-1-2-8-9-3-4-16-11(9)12(15)14-10(8)5-7;9-4-5-1-2-6(8(11)12)7(10)3-5;1-9-6(8)5-4(7)2-3-10-5;/h1-5H,(H,14,15);1-3,11-12H,10H2;2-3H,1H3;1H. The van der Waals surface area contributed by atoms with Crippen LogP contribution >= 0.6 is 51.0 Å². The summed E-state index contributed by atoms with van der Waals surface area (Å²) in [6.45, 7) is 0. The highest BCUT2D eigenvalue weighted by Gasteiger charge is 2.14. The molecule has 3 aromatic heterocycles. The van der Waals surface area contributed by atoms with E-state index in [-0.39, 0.29) is 35.1 Å². The van der Waals surface area contributed by atoms with Crippen molar-refractivity contribution < 1.29 is 19.6 Å². The molecule has 3 heterocycles. The smallest absolute Gasteiger partial charge is 0.465 e. The number of pyridine rings is 1. The highest BCUT2D eigenvalue weighted by atomic mass is 79.9. The van der Waals surface area contributed by atoms with Gasteiger partial charge in [0.15, 0.2) is 0 Å². The van der Waals surface area contributed by atoms with Gasteiger partial charge >= 0.3 is 13.1 Å². The van der Waals surface area contributed by atoms with Gasteiger partial charge in [0.2, 0.25) is 0 Å². The highest BCUT2D eigenvalue weighted by molar-refractivity contribution is 9.10. The van der Waals surface area contributed by atoms with Gasteiger partial charge in [-0.1, -0.05) is 12.1 Å². The average Bonchev–Trinajstić information content (AvgIpc) is 3.58. The van der Waals surface area contributed by atoms with Crippen LogP contribution in [0.2, 0.25) is 0 Å². The third-order valence-electron chi connectivity index (χ3n) is 5.04. The van der Waals surface area contributed by atoms with E-state index >= 15 is 0 Å². The molecule has 14 heteroatoms. The minimum atomic E-state index is -1.59. The van der Waals surface area contributed by atoms with Crippen molar-refractivity contribution in [3.8, 4) is 12.1 Å². The van der Waals surface area contributed by atoms with Crippen LogP contribution in [0.5, 0.6) is 0 Å². The minimum Gasteiger partial charge on any atom is -0.465 e. The van der Waals surface area contributed by atoms with Gasteiger partial charge in [-0.3, -0.25) is 4.79 Å². The number of ether oxygens (including phenoxy) is 1. The molecule has 0 unspecified atom stereocenters. The third kappa shape index (κ3) is 7.68. The summed E-state index contributed by atoms with van der Waals surface area (Å²) in [5, 5.41) is 40.4. The largest absolute Gasteiger partial charge is 0.490 e. The second-order valence-corrected chi connectivity index (χ2v) is 10.1. The Labute approximate surface area is 245 Å². The van der Waals surface area contributed by atoms with Crippen LogP contribution in [-0.2, 0) is 4.74 Å². The zero-order chi connectivity index (χ0) is 27.8. The van der Waals surface area contributed by atoms with Gasteiger partial charge in [-0.05, 0) is 63.1 Å². The van der Waals surface area contributed by atoms with Gasteiger partial charge in [0, 0.05) is 26.4 Å². The Kier molecular flexibility index (Phi) is 11.7. The van der Waals surface area contributed by atoms with E-state index < -0.39 is 7.12 Å². The van der Waals surface area contributed by atoms with Gasteiger partial charge in [0.1, 0.15) is 9.58 Å². The molecule has 0 atom stereocenters. The number of nitrogens with one attached hydrogen (secondary N) is 1. The van der Waals surface area contributed by atoms with Gasteiger partial charge in [-0.2, -0.15) is 10.5 Å². The molecule has 0 spiro atoms. The third-order valence-corrected chi connectivity index (χ3v) is 7.77. The van der Waals surface area contributed by atoms with Crippen molar-refractivity contribution in [1.82, 2.24) is 4.98 Å². The summed E-state index contributed by atoms with van der Waals surface area (Å²) in [4.78, 5) is 26.0. The number of halogens is 2. The maximum atomic E-state index is 11.7. The predicted molar refractivity (Wildman–Crippen MR) is 161 cm³/mol. The van der Waals surface area contributed by atoms with Crippen molar-refractivity contribution >= 4 is 96.2 Å². The molecule has 0 fully saturated rings. The number of carbonyl (C=O) groups is 1. The van der Waals surface area contributed by atoms with Crippen LogP contribution in [0.1, 0.15) is 20.8 Å². The Morgan fingerprint density at radius 1 is 1.03 bits per heavy atom. The fourth-order valence-corrected chi connectivity index (χ4v) is 5.49. The van der Waals surface area contributed by atoms with Crippen LogP contribution in [0.3, 0.4) is 0 Å². The van der Waals surface area contributed by atoms with Gasteiger partial charge in [-0.25, -0.2) is 4.79 Å². The lowest BCUT2D eigenvalue weighted by molar-refractivity contribution is 0.0605. The molecule has 0 radical (unpaired) electrons. The second-order valence-electron chi connectivity index (χ2n) is 7.41. The number of hydrogen-bond acceptors (Lipinski definition) is 10. The molecule has 9 nitrogen and oxygen atoms in total. The van der Waals surface area contributed by atoms with E-state index in [9.17, 15) is 9.59 Å². The van der Waals surface area contributed by atoms with Gasteiger partial charge in [0.05, 0.1) is 35.9 Å². The zero-order valence-electron chi connectivity index (χ0n) is 20.0. The van der Waals surface area contributed by atoms with Crippen LogP contribution in [0.25, 0.3) is 21.0 Å². The van der Waals surface area contributed by atoms with E-state index in [2.05, 4.69) is 31.7 Å². The SMILES string of the molecule is COC(=O)c1sccc1Br.Cl.N#Cc1ccc(B(O)O)c(N)c1.N#Cc1ccc2c(c1)[nH]c(=O)c1sccc12. The number of aromatic amines is 1. The molecular weight excluding hydrogens is 627 g/mol. The molecule has 0 aliphatic carbocycles. The summed E-state index contributed by atoms with van der Waals surface area (Å²) in [7, 11) is -0.216. The predicted octanol–water partition coefficient (Wildman–Crippen LogP) is 4.15. The molecule has 5 rings (SSSR count). The Morgan fingerprint density at radius 3 is 2.23 bits per heavy atom. The normalized spacial score (nSPS) is 9.59. The van der Waals surface area contributed by atoms with Gasteiger partial charge < -0.3 is 25.5 Å². The molecule has 5 N–H and O–H groups in total. The number of benzene rings is 2. The lowest BCUT2D eigenvalue weighted by atomic mass is 9.79. The first-order chi connectivity index (χ1) is 18.2. The van der Waals surface area contributed by atoms with Crippen LogP contribution in [-0.4, -0.2) is 35.2 Å². The average molecular weight is 646 g/mol. The first-order valence-electron chi connectivity index (χ1n) is 10.6. The molecular formula is C25H19BBrClN4O5S2. The van der Waals surface area contributed by atoms with E-state index in [4.69, 9.17) is 26.3 Å². The zero-order valence-corrected chi connectivity index (χ0v) is 24.1. The van der Waals surface area contributed by atoms with Crippen molar-refractivity contribution in [1.29, 1.82) is 10.5 Å². The maximum absolute atomic E-state index is 11.7. The lowest BCUT2D eigenvalue weighted by Gasteiger charge is -2.02. The minimum absolute atomic E-state index is 0. The molecule has 0 aliphatic heterocycles. The molecule has 0 saturated carbocycles. The fraction of sp³-hybridized carbons (Fsp3) is 0.0400. The maximum Gasteiger partial charge on any atom is 0.490 e. The number of nitrogens with two attached hydrogens (primary N) is 1. The number of carbonyl (C=O) groups excluding carboxylic acids is 1. The van der Waals surface area contributed by atoms with Crippen LogP contribution < -0.4 is 16.8 Å². The first-order valence-corrected chi connectivity index (χ1v) is 13.2. The van der Waals surface area contributed by atoms with E-state index in [0.29, 0.717) is 16.0 Å². The number of anilines is 1. The summed E-state index contributed by atoms with van der Waals surface area (Å²) in [5.41, 5.74) is 7.44. The molecule has 5 aromatic rings. The fourth-order valence-electron chi connectivity index (χ4n) is 3.24. The second kappa shape index (κ2) is 14.5. The summed E-state index contributed by atoms with van der Waals surface area (Å²) >= 11 is 6.01. The topological polar surface area (TPSA) is 173 Å². The van der Waals surface area contributed by atoms with Crippen LogP contribution in [0, 0.1) is 22.7 Å². The number of hydrogen-bond donors (Lipinski definition) is 4. The highest BCUT2D eigenvalue weighted by Crippen LogP contribution is 2.25.